The van der Waals surface area contributed by atoms with Crippen LogP contribution in [0.1, 0.15) is 27.6 Å². The number of carbonyl (C=O) groups excluding carboxylic acids is 1. The summed E-state index contributed by atoms with van der Waals surface area (Å²) in [4.78, 5) is 18.7. The number of aryl methyl sites for hydroxylation is 2. The van der Waals surface area contributed by atoms with Crippen LogP contribution in [0.15, 0.2) is 41.4 Å². The molecule has 0 saturated carbocycles. The van der Waals surface area contributed by atoms with Crippen LogP contribution < -0.4 is 0 Å². The molecule has 1 atom stereocenters. The SMILES string of the molecule is Cc1cc(C)c(C#N)c(S[C@@H](C(=O)N(C)C)c2ccccc2)n1. The van der Waals surface area contributed by atoms with Crippen LogP contribution >= 0.6 is 11.8 Å². The summed E-state index contributed by atoms with van der Waals surface area (Å²) >= 11 is 1.33. The highest BCUT2D eigenvalue weighted by atomic mass is 32.2. The molecule has 1 aromatic heterocycles. The fourth-order valence-corrected chi connectivity index (χ4v) is 3.61. The van der Waals surface area contributed by atoms with Crippen LogP contribution in [-0.4, -0.2) is 29.9 Å². The monoisotopic (exact) mass is 325 g/mol. The van der Waals surface area contributed by atoms with Gasteiger partial charge in [-0.1, -0.05) is 42.1 Å². The molecule has 0 unspecified atom stereocenters. The lowest BCUT2D eigenvalue weighted by Crippen LogP contribution is -2.26. The predicted molar refractivity (Wildman–Crippen MR) is 92.2 cm³/mol. The fraction of sp³-hybridized carbons (Fsp3) is 0.278. The van der Waals surface area contributed by atoms with Crippen molar-refractivity contribution in [2.45, 2.75) is 24.1 Å². The molecule has 5 heteroatoms. The quantitative estimate of drug-likeness (QED) is 0.807. The highest BCUT2D eigenvalue weighted by Gasteiger charge is 2.25. The van der Waals surface area contributed by atoms with E-state index in [0.29, 0.717) is 10.6 Å². The molecule has 23 heavy (non-hydrogen) atoms. The van der Waals surface area contributed by atoms with Crippen LogP contribution in [0.2, 0.25) is 0 Å². The summed E-state index contributed by atoms with van der Waals surface area (Å²) < 4.78 is 0. The molecule has 0 aliphatic heterocycles. The second kappa shape index (κ2) is 7.30. The maximum Gasteiger partial charge on any atom is 0.240 e. The number of hydrogen-bond donors (Lipinski definition) is 0. The number of hydrogen-bond acceptors (Lipinski definition) is 4. The minimum Gasteiger partial charge on any atom is -0.348 e. The van der Waals surface area contributed by atoms with E-state index in [1.165, 1.54) is 11.8 Å². The van der Waals surface area contributed by atoms with Crippen molar-refractivity contribution in [3.63, 3.8) is 0 Å². The summed E-state index contributed by atoms with van der Waals surface area (Å²) in [7, 11) is 3.47. The number of thioether (sulfide) groups is 1. The maximum absolute atomic E-state index is 12.6. The average molecular weight is 325 g/mol. The van der Waals surface area contributed by atoms with E-state index in [4.69, 9.17) is 0 Å². The Morgan fingerprint density at radius 3 is 2.48 bits per heavy atom. The molecule has 0 saturated heterocycles. The van der Waals surface area contributed by atoms with E-state index in [0.717, 1.165) is 16.8 Å². The van der Waals surface area contributed by atoms with Crippen LogP contribution in [-0.2, 0) is 4.79 Å². The Labute approximate surface area is 141 Å². The smallest absolute Gasteiger partial charge is 0.240 e. The van der Waals surface area contributed by atoms with Gasteiger partial charge in [-0.25, -0.2) is 4.98 Å². The number of carbonyl (C=O) groups is 1. The Kier molecular flexibility index (Phi) is 5.41. The lowest BCUT2D eigenvalue weighted by Gasteiger charge is -2.21. The molecule has 0 aliphatic carbocycles. The molecule has 0 radical (unpaired) electrons. The Morgan fingerprint density at radius 2 is 1.91 bits per heavy atom. The van der Waals surface area contributed by atoms with Crippen molar-refractivity contribution in [3.05, 3.63) is 58.8 Å². The van der Waals surface area contributed by atoms with Crippen molar-refractivity contribution in [1.82, 2.24) is 9.88 Å². The average Bonchev–Trinajstić information content (AvgIpc) is 2.52. The van der Waals surface area contributed by atoms with Gasteiger partial charge in [0.05, 0.1) is 5.56 Å². The molecule has 0 bridgehead atoms. The van der Waals surface area contributed by atoms with Crippen LogP contribution in [0.25, 0.3) is 0 Å². The molecule has 0 aliphatic rings. The third-order valence-electron chi connectivity index (χ3n) is 3.42. The molecule has 2 rings (SSSR count). The van der Waals surface area contributed by atoms with Gasteiger partial charge in [0, 0.05) is 19.8 Å². The molecular formula is C18H19N3OS. The van der Waals surface area contributed by atoms with Crippen molar-refractivity contribution in [2.24, 2.45) is 0 Å². The van der Waals surface area contributed by atoms with Crippen molar-refractivity contribution in [2.75, 3.05) is 14.1 Å². The number of aromatic nitrogens is 1. The van der Waals surface area contributed by atoms with Gasteiger partial charge in [0.15, 0.2) is 0 Å². The summed E-state index contributed by atoms with van der Waals surface area (Å²) in [6.45, 7) is 3.78. The van der Waals surface area contributed by atoms with Gasteiger partial charge in [-0.05, 0) is 31.0 Å². The largest absolute Gasteiger partial charge is 0.348 e. The maximum atomic E-state index is 12.6. The van der Waals surface area contributed by atoms with Crippen molar-refractivity contribution >= 4 is 17.7 Å². The molecule has 4 nitrogen and oxygen atoms in total. The molecule has 1 aromatic carbocycles. The molecule has 0 spiro atoms. The van der Waals surface area contributed by atoms with Gasteiger partial charge >= 0.3 is 0 Å². The number of benzene rings is 1. The molecule has 118 valence electrons. The summed E-state index contributed by atoms with van der Waals surface area (Å²) in [6, 6.07) is 13.7. The summed E-state index contributed by atoms with van der Waals surface area (Å²) in [5, 5.41) is 9.60. The van der Waals surface area contributed by atoms with E-state index in [1.807, 2.05) is 50.2 Å². The van der Waals surface area contributed by atoms with E-state index in [2.05, 4.69) is 11.1 Å². The Hall–Kier alpha value is -2.32. The zero-order valence-corrected chi connectivity index (χ0v) is 14.5. The minimum absolute atomic E-state index is 0.0222. The van der Waals surface area contributed by atoms with Crippen LogP contribution in [0, 0.1) is 25.2 Å². The van der Waals surface area contributed by atoms with E-state index >= 15 is 0 Å². The van der Waals surface area contributed by atoms with Crippen LogP contribution in [0.4, 0.5) is 0 Å². The van der Waals surface area contributed by atoms with Gasteiger partial charge in [0.25, 0.3) is 0 Å². The van der Waals surface area contributed by atoms with E-state index in [1.54, 1.807) is 19.0 Å². The number of rotatable bonds is 4. The Bertz CT molecular complexity index is 751. The zero-order valence-electron chi connectivity index (χ0n) is 13.7. The van der Waals surface area contributed by atoms with Gasteiger partial charge in [0.1, 0.15) is 16.3 Å². The third-order valence-corrected chi connectivity index (χ3v) is 4.65. The normalized spacial score (nSPS) is 11.6. The lowest BCUT2D eigenvalue weighted by atomic mass is 10.1. The summed E-state index contributed by atoms with van der Waals surface area (Å²) in [5.41, 5.74) is 3.16. The first kappa shape index (κ1) is 17.0. The predicted octanol–water partition coefficient (Wildman–Crippen LogP) is 3.49. The second-order valence-corrected chi connectivity index (χ2v) is 6.61. The van der Waals surface area contributed by atoms with Crippen LogP contribution in [0.5, 0.6) is 0 Å². The number of likely N-dealkylation sites (N-methyl/N-ethyl adjacent to an activating group) is 1. The van der Waals surface area contributed by atoms with Gasteiger partial charge in [-0.3, -0.25) is 4.79 Å². The molecule has 0 N–H and O–H groups in total. The third kappa shape index (κ3) is 3.91. The number of nitrogens with zero attached hydrogens (tertiary/aromatic N) is 3. The highest BCUT2D eigenvalue weighted by molar-refractivity contribution is 8.00. The molecule has 0 fully saturated rings. The van der Waals surface area contributed by atoms with Gasteiger partial charge in [-0.2, -0.15) is 5.26 Å². The lowest BCUT2D eigenvalue weighted by molar-refractivity contribution is -0.128. The Morgan fingerprint density at radius 1 is 1.26 bits per heavy atom. The first-order valence-electron chi connectivity index (χ1n) is 7.25. The topological polar surface area (TPSA) is 57.0 Å². The standard InChI is InChI=1S/C18H19N3OS/c1-12-10-13(2)20-17(15(12)11-19)23-16(18(22)21(3)4)14-8-6-5-7-9-14/h5-10,16H,1-4H3/t16-/m1/s1. The van der Waals surface area contributed by atoms with E-state index < -0.39 is 5.25 Å². The first-order chi connectivity index (χ1) is 10.9. The molecule has 1 amide bonds. The molecule has 1 heterocycles. The minimum atomic E-state index is -0.424. The Balaban J connectivity index is 2.48. The molecular weight excluding hydrogens is 306 g/mol. The number of amides is 1. The number of pyridine rings is 1. The number of nitriles is 1. The van der Waals surface area contributed by atoms with E-state index in [9.17, 15) is 10.1 Å². The van der Waals surface area contributed by atoms with Gasteiger partial charge in [-0.15, -0.1) is 0 Å². The van der Waals surface area contributed by atoms with E-state index in [-0.39, 0.29) is 5.91 Å². The van der Waals surface area contributed by atoms with Crippen molar-refractivity contribution in [1.29, 1.82) is 5.26 Å². The molecule has 2 aromatic rings. The first-order valence-corrected chi connectivity index (χ1v) is 8.13. The van der Waals surface area contributed by atoms with Crippen LogP contribution in [0.3, 0.4) is 0 Å². The zero-order chi connectivity index (χ0) is 17.0. The second-order valence-electron chi connectivity index (χ2n) is 5.51. The fourth-order valence-electron chi connectivity index (χ4n) is 2.26. The van der Waals surface area contributed by atoms with Crippen molar-refractivity contribution < 1.29 is 4.79 Å². The van der Waals surface area contributed by atoms with Crippen molar-refractivity contribution in [3.8, 4) is 6.07 Å². The summed E-state index contributed by atoms with van der Waals surface area (Å²) in [6.07, 6.45) is 0. The van der Waals surface area contributed by atoms with Gasteiger partial charge in [0.2, 0.25) is 5.91 Å². The highest BCUT2D eigenvalue weighted by Crippen LogP contribution is 2.37. The summed E-state index contributed by atoms with van der Waals surface area (Å²) in [5.74, 6) is -0.0222. The van der Waals surface area contributed by atoms with Gasteiger partial charge < -0.3 is 4.90 Å².